The van der Waals surface area contributed by atoms with E-state index in [-0.39, 0.29) is 16.0 Å². The first-order valence-corrected chi connectivity index (χ1v) is 7.82. The Kier molecular flexibility index (Phi) is 4.73. The first kappa shape index (κ1) is 14.9. The summed E-state index contributed by atoms with van der Waals surface area (Å²) < 4.78 is 1.20. The van der Waals surface area contributed by atoms with Crippen LogP contribution in [0.25, 0.3) is 11.1 Å². The molecule has 2 aromatic rings. The van der Waals surface area contributed by atoms with E-state index in [0.29, 0.717) is 17.7 Å². The fourth-order valence-electron chi connectivity index (χ4n) is 1.90. The van der Waals surface area contributed by atoms with Gasteiger partial charge in [0, 0.05) is 11.8 Å². The number of nitrogens with one attached hydrogen (secondary N) is 1. The van der Waals surface area contributed by atoms with Gasteiger partial charge in [-0.15, -0.1) is 0 Å². The molecule has 1 N–H and O–H groups in total. The Hall–Kier alpha value is -1.46. The van der Waals surface area contributed by atoms with Crippen molar-refractivity contribution in [2.45, 2.75) is 18.7 Å². The molecule has 20 heavy (non-hydrogen) atoms. The third kappa shape index (κ3) is 2.99. The minimum Gasteiger partial charge on any atom is -0.297 e. The van der Waals surface area contributed by atoms with Gasteiger partial charge in [-0.25, -0.2) is 4.79 Å². The summed E-state index contributed by atoms with van der Waals surface area (Å²) in [5.74, 6) is 0. The van der Waals surface area contributed by atoms with Crippen LogP contribution in [0.4, 0.5) is 0 Å². The number of aromatic amines is 1. The maximum absolute atomic E-state index is 12.5. The Labute approximate surface area is 125 Å². The second-order valence-corrected chi connectivity index (χ2v) is 6.10. The van der Waals surface area contributed by atoms with Crippen molar-refractivity contribution in [3.63, 3.8) is 0 Å². The number of thioether (sulfide) groups is 1. The quantitative estimate of drug-likeness (QED) is 0.883. The van der Waals surface area contributed by atoms with E-state index in [9.17, 15) is 9.59 Å². The van der Waals surface area contributed by atoms with Crippen molar-refractivity contribution in [2.75, 3.05) is 6.26 Å². The molecule has 4 nitrogen and oxygen atoms in total. The summed E-state index contributed by atoms with van der Waals surface area (Å²) in [5, 5.41) is 0.248. The molecule has 6 heteroatoms. The molecule has 1 atom stereocenters. The van der Waals surface area contributed by atoms with Crippen molar-refractivity contribution < 1.29 is 0 Å². The Balaban J connectivity index is 2.62. The van der Waals surface area contributed by atoms with Gasteiger partial charge >= 0.3 is 5.69 Å². The topological polar surface area (TPSA) is 54.9 Å². The molecular formula is C14H15ClN2O2S. The van der Waals surface area contributed by atoms with Crippen LogP contribution < -0.4 is 11.2 Å². The van der Waals surface area contributed by atoms with E-state index in [1.807, 2.05) is 31.4 Å². The molecule has 0 radical (unpaired) electrons. The van der Waals surface area contributed by atoms with Crippen LogP contribution in [-0.2, 0) is 6.54 Å². The fraction of sp³-hybridized carbons (Fsp3) is 0.286. The van der Waals surface area contributed by atoms with Gasteiger partial charge < -0.3 is 0 Å². The van der Waals surface area contributed by atoms with Gasteiger partial charge in [-0.1, -0.05) is 48.9 Å². The highest BCUT2D eigenvalue weighted by atomic mass is 35.5. The lowest BCUT2D eigenvalue weighted by Crippen LogP contribution is -2.38. The average molecular weight is 311 g/mol. The van der Waals surface area contributed by atoms with E-state index >= 15 is 0 Å². The number of halogens is 1. The van der Waals surface area contributed by atoms with Crippen LogP contribution >= 0.6 is 23.4 Å². The molecule has 0 saturated heterocycles. The highest BCUT2D eigenvalue weighted by molar-refractivity contribution is 7.99. The molecule has 1 aromatic carbocycles. The number of nitrogens with zero attached hydrogens (tertiary/aromatic N) is 1. The number of hydrogen-bond donors (Lipinski definition) is 1. The zero-order valence-electron chi connectivity index (χ0n) is 11.2. The molecule has 2 rings (SSSR count). The maximum Gasteiger partial charge on any atom is 0.329 e. The van der Waals surface area contributed by atoms with Gasteiger partial charge in [-0.05, 0) is 11.8 Å². The minimum atomic E-state index is -0.472. The molecule has 0 bridgehead atoms. The van der Waals surface area contributed by atoms with E-state index in [0.717, 1.165) is 0 Å². The Morgan fingerprint density at radius 1 is 1.30 bits per heavy atom. The van der Waals surface area contributed by atoms with Gasteiger partial charge in [0.15, 0.2) is 0 Å². The van der Waals surface area contributed by atoms with E-state index < -0.39 is 5.69 Å². The summed E-state index contributed by atoms with van der Waals surface area (Å²) in [7, 11) is 0. The van der Waals surface area contributed by atoms with E-state index in [1.54, 1.807) is 23.9 Å². The first-order valence-electron chi connectivity index (χ1n) is 6.15. The second kappa shape index (κ2) is 6.33. The van der Waals surface area contributed by atoms with Crippen molar-refractivity contribution in [3.05, 3.63) is 56.3 Å². The first-order chi connectivity index (χ1) is 9.54. The molecule has 0 saturated carbocycles. The Morgan fingerprint density at radius 3 is 2.55 bits per heavy atom. The molecule has 0 aliphatic carbocycles. The number of hydrogen-bond acceptors (Lipinski definition) is 3. The second-order valence-electron chi connectivity index (χ2n) is 4.45. The number of rotatable bonds is 4. The largest absolute Gasteiger partial charge is 0.329 e. The number of aromatic nitrogens is 2. The number of benzene rings is 1. The van der Waals surface area contributed by atoms with E-state index in [4.69, 9.17) is 11.6 Å². The molecule has 0 fully saturated rings. The van der Waals surface area contributed by atoms with Gasteiger partial charge in [-0.2, -0.15) is 11.8 Å². The van der Waals surface area contributed by atoms with Crippen LogP contribution in [0.1, 0.15) is 6.92 Å². The molecule has 0 aliphatic heterocycles. The average Bonchev–Trinajstić information content (AvgIpc) is 2.44. The minimum absolute atomic E-state index is 0.0826. The summed E-state index contributed by atoms with van der Waals surface area (Å²) in [6.07, 6.45) is 1.94. The lowest BCUT2D eigenvalue weighted by atomic mass is 10.1. The molecule has 106 valence electrons. The number of H-pyrrole nitrogens is 1. The van der Waals surface area contributed by atoms with E-state index in [2.05, 4.69) is 4.98 Å². The SMILES string of the molecule is CSC(C)Cn1c(=O)[nH]c(Cl)c(-c2ccccc2)c1=O. The zero-order chi connectivity index (χ0) is 14.7. The van der Waals surface area contributed by atoms with Gasteiger partial charge in [0.2, 0.25) is 0 Å². The highest BCUT2D eigenvalue weighted by Gasteiger charge is 2.15. The summed E-state index contributed by atoms with van der Waals surface area (Å²) in [6, 6.07) is 9.10. The summed E-state index contributed by atoms with van der Waals surface area (Å²) >= 11 is 7.64. The van der Waals surface area contributed by atoms with Crippen LogP contribution in [-0.4, -0.2) is 21.1 Å². The van der Waals surface area contributed by atoms with Gasteiger partial charge in [0.1, 0.15) is 5.15 Å². The highest BCUT2D eigenvalue weighted by Crippen LogP contribution is 2.21. The molecule has 1 aromatic heterocycles. The van der Waals surface area contributed by atoms with Crippen molar-refractivity contribution in [3.8, 4) is 11.1 Å². The summed E-state index contributed by atoms with van der Waals surface area (Å²) in [6.45, 7) is 2.32. The zero-order valence-corrected chi connectivity index (χ0v) is 12.8. The van der Waals surface area contributed by atoms with Crippen LogP contribution in [0.3, 0.4) is 0 Å². The maximum atomic E-state index is 12.5. The third-order valence-electron chi connectivity index (χ3n) is 3.04. The smallest absolute Gasteiger partial charge is 0.297 e. The third-order valence-corrected chi connectivity index (χ3v) is 4.28. The van der Waals surface area contributed by atoms with Crippen molar-refractivity contribution in [2.24, 2.45) is 0 Å². The Morgan fingerprint density at radius 2 is 1.95 bits per heavy atom. The monoisotopic (exact) mass is 310 g/mol. The molecule has 0 amide bonds. The van der Waals surface area contributed by atoms with Crippen LogP contribution in [0, 0.1) is 0 Å². The van der Waals surface area contributed by atoms with Crippen LogP contribution in [0.5, 0.6) is 0 Å². The lowest BCUT2D eigenvalue weighted by molar-refractivity contribution is 0.627. The Bertz CT molecular complexity index is 709. The van der Waals surface area contributed by atoms with Gasteiger partial charge in [-0.3, -0.25) is 14.3 Å². The van der Waals surface area contributed by atoms with Crippen molar-refractivity contribution in [1.82, 2.24) is 9.55 Å². The van der Waals surface area contributed by atoms with Gasteiger partial charge in [0.05, 0.1) is 5.56 Å². The standard InChI is InChI=1S/C14H15ClN2O2S/c1-9(20-2)8-17-13(18)11(12(15)16-14(17)19)10-6-4-3-5-7-10/h3-7,9H,8H2,1-2H3,(H,16,19). The predicted octanol–water partition coefficient (Wildman–Crippen LogP) is 2.61. The van der Waals surface area contributed by atoms with Gasteiger partial charge in [0.25, 0.3) is 5.56 Å². The van der Waals surface area contributed by atoms with Crippen molar-refractivity contribution in [1.29, 1.82) is 0 Å². The van der Waals surface area contributed by atoms with Crippen LogP contribution in [0.15, 0.2) is 39.9 Å². The predicted molar refractivity (Wildman–Crippen MR) is 84.7 cm³/mol. The summed E-state index contributed by atoms with van der Waals surface area (Å²) in [4.78, 5) is 27.0. The summed E-state index contributed by atoms with van der Waals surface area (Å²) in [5.41, 5.74) is 0.205. The molecule has 1 unspecified atom stereocenters. The lowest BCUT2D eigenvalue weighted by Gasteiger charge is -2.12. The molecule has 0 aliphatic rings. The van der Waals surface area contributed by atoms with Crippen molar-refractivity contribution >= 4 is 23.4 Å². The van der Waals surface area contributed by atoms with E-state index in [1.165, 1.54) is 4.57 Å². The molecule has 1 heterocycles. The fourth-order valence-corrected chi connectivity index (χ4v) is 2.47. The molecular weight excluding hydrogens is 296 g/mol. The molecule has 0 spiro atoms. The van der Waals surface area contributed by atoms with Crippen LogP contribution in [0.2, 0.25) is 5.15 Å². The normalized spacial score (nSPS) is 12.3.